The lowest BCUT2D eigenvalue weighted by molar-refractivity contribution is 0.0687. The van der Waals surface area contributed by atoms with Crippen LogP contribution in [0.1, 0.15) is 20.7 Å². The van der Waals surface area contributed by atoms with Crippen molar-refractivity contribution in [3.8, 4) is 28.4 Å². The van der Waals surface area contributed by atoms with Gasteiger partial charge in [-0.15, -0.1) is 0 Å². The first-order valence-electron chi connectivity index (χ1n) is 6.84. The highest BCUT2D eigenvalue weighted by Gasteiger charge is 2.25. The van der Waals surface area contributed by atoms with E-state index in [-0.39, 0.29) is 33.9 Å². The van der Waals surface area contributed by atoms with Gasteiger partial charge in [-0.2, -0.15) is 0 Å². The van der Waals surface area contributed by atoms with Crippen molar-refractivity contribution in [2.24, 2.45) is 0 Å². The number of carboxylic acids is 2. The molecule has 24 heavy (non-hydrogen) atoms. The predicted octanol–water partition coefficient (Wildman–Crippen LogP) is 2.78. The van der Waals surface area contributed by atoms with Gasteiger partial charge < -0.3 is 24.4 Å². The SMILES string of the molecule is COc1cc(C(=O)O)c(-c2cccc(C(=O)O)c2)c(OC)c1OC. The molecule has 0 radical (unpaired) electrons. The minimum absolute atomic E-state index is 0.0284. The summed E-state index contributed by atoms with van der Waals surface area (Å²) >= 11 is 0. The standard InChI is InChI=1S/C17H16O7/c1-22-12-8-11(17(20)21)13(15(24-3)14(12)23-2)9-5-4-6-10(7-9)16(18)19/h4-8H,1-3H3,(H,18,19)(H,20,21). The molecule has 0 aliphatic carbocycles. The van der Waals surface area contributed by atoms with E-state index in [0.717, 1.165) is 0 Å². The smallest absolute Gasteiger partial charge is 0.336 e. The first kappa shape index (κ1) is 17.1. The van der Waals surface area contributed by atoms with Crippen LogP contribution >= 0.6 is 0 Å². The average Bonchev–Trinajstić information content (AvgIpc) is 2.59. The Morgan fingerprint density at radius 2 is 1.54 bits per heavy atom. The van der Waals surface area contributed by atoms with Gasteiger partial charge in [0.1, 0.15) is 0 Å². The molecule has 0 amide bonds. The predicted molar refractivity (Wildman–Crippen MR) is 85.5 cm³/mol. The van der Waals surface area contributed by atoms with Gasteiger partial charge in [0.2, 0.25) is 5.75 Å². The topological polar surface area (TPSA) is 102 Å². The fourth-order valence-corrected chi connectivity index (χ4v) is 2.42. The van der Waals surface area contributed by atoms with E-state index in [2.05, 4.69) is 0 Å². The van der Waals surface area contributed by atoms with E-state index in [9.17, 15) is 14.7 Å². The van der Waals surface area contributed by atoms with Crippen molar-refractivity contribution < 1.29 is 34.0 Å². The molecule has 0 bridgehead atoms. The third-order valence-corrected chi connectivity index (χ3v) is 3.46. The van der Waals surface area contributed by atoms with Crippen LogP contribution in [-0.4, -0.2) is 43.5 Å². The van der Waals surface area contributed by atoms with Gasteiger partial charge in [0, 0.05) is 5.56 Å². The second kappa shape index (κ2) is 6.91. The van der Waals surface area contributed by atoms with Crippen LogP contribution in [-0.2, 0) is 0 Å². The molecule has 0 atom stereocenters. The van der Waals surface area contributed by atoms with E-state index in [1.165, 1.54) is 45.6 Å². The maximum atomic E-state index is 11.7. The molecule has 0 unspecified atom stereocenters. The lowest BCUT2D eigenvalue weighted by atomic mass is 9.96. The van der Waals surface area contributed by atoms with E-state index in [1.807, 2.05) is 0 Å². The Kier molecular flexibility index (Phi) is 4.93. The first-order chi connectivity index (χ1) is 11.4. The molecule has 2 aromatic rings. The number of carbonyl (C=O) groups is 2. The highest BCUT2D eigenvalue weighted by Crippen LogP contribution is 2.46. The van der Waals surface area contributed by atoms with Crippen molar-refractivity contribution in [2.45, 2.75) is 0 Å². The summed E-state index contributed by atoms with van der Waals surface area (Å²) in [6, 6.07) is 7.23. The lowest BCUT2D eigenvalue weighted by Crippen LogP contribution is -2.06. The van der Waals surface area contributed by atoms with Gasteiger partial charge in [-0.25, -0.2) is 9.59 Å². The quantitative estimate of drug-likeness (QED) is 0.838. The zero-order chi connectivity index (χ0) is 17.9. The highest BCUT2D eigenvalue weighted by molar-refractivity contribution is 6.01. The van der Waals surface area contributed by atoms with Crippen LogP contribution in [0.5, 0.6) is 17.2 Å². The van der Waals surface area contributed by atoms with Crippen LogP contribution in [0.4, 0.5) is 0 Å². The molecule has 0 saturated heterocycles. The largest absolute Gasteiger partial charge is 0.493 e. The third kappa shape index (κ3) is 2.96. The molecule has 126 valence electrons. The Hall–Kier alpha value is -3.22. The number of hydrogen-bond acceptors (Lipinski definition) is 5. The van der Waals surface area contributed by atoms with Crippen molar-refractivity contribution in [3.05, 3.63) is 41.5 Å². The van der Waals surface area contributed by atoms with Crippen molar-refractivity contribution in [2.75, 3.05) is 21.3 Å². The van der Waals surface area contributed by atoms with E-state index in [1.54, 1.807) is 6.07 Å². The number of hydrogen-bond donors (Lipinski definition) is 2. The molecule has 0 saturated carbocycles. The van der Waals surface area contributed by atoms with Crippen LogP contribution in [0, 0.1) is 0 Å². The fourth-order valence-electron chi connectivity index (χ4n) is 2.42. The summed E-state index contributed by atoms with van der Waals surface area (Å²) in [5, 5.41) is 18.7. The molecular weight excluding hydrogens is 316 g/mol. The van der Waals surface area contributed by atoms with Crippen molar-refractivity contribution in [1.82, 2.24) is 0 Å². The monoisotopic (exact) mass is 332 g/mol. The van der Waals surface area contributed by atoms with E-state index < -0.39 is 11.9 Å². The molecule has 0 aliphatic heterocycles. The summed E-state index contributed by atoms with van der Waals surface area (Å²) < 4.78 is 15.8. The fraction of sp³-hybridized carbons (Fsp3) is 0.176. The molecule has 0 heterocycles. The summed E-state index contributed by atoms with van der Waals surface area (Å²) in [5.41, 5.74) is 0.531. The molecule has 2 rings (SSSR count). The van der Waals surface area contributed by atoms with Gasteiger partial charge in [-0.3, -0.25) is 0 Å². The van der Waals surface area contributed by atoms with Gasteiger partial charge >= 0.3 is 11.9 Å². The summed E-state index contributed by atoms with van der Waals surface area (Å²) in [6.45, 7) is 0. The zero-order valence-corrected chi connectivity index (χ0v) is 13.3. The molecule has 2 aromatic carbocycles. The van der Waals surface area contributed by atoms with Gasteiger partial charge in [-0.05, 0) is 23.8 Å². The second-order valence-electron chi connectivity index (χ2n) is 4.76. The Bertz CT molecular complexity index is 796. The molecule has 0 aliphatic rings. The number of carboxylic acid groups (broad SMARTS) is 2. The third-order valence-electron chi connectivity index (χ3n) is 3.46. The maximum Gasteiger partial charge on any atom is 0.336 e. The van der Waals surface area contributed by atoms with Crippen LogP contribution < -0.4 is 14.2 Å². The van der Waals surface area contributed by atoms with Crippen molar-refractivity contribution >= 4 is 11.9 Å². The second-order valence-corrected chi connectivity index (χ2v) is 4.76. The summed E-state index contributed by atoms with van der Waals surface area (Å²) in [6.07, 6.45) is 0. The van der Waals surface area contributed by atoms with Crippen LogP contribution in [0.25, 0.3) is 11.1 Å². The molecule has 2 N–H and O–H groups in total. The normalized spacial score (nSPS) is 10.1. The Morgan fingerprint density at radius 3 is 2.04 bits per heavy atom. The van der Waals surface area contributed by atoms with Crippen LogP contribution in [0.2, 0.25) is 0 Å². The number of benzene rings is 2. The molecule has 0 aromatic heterocycles. The minimum Gasteiger partial charge on any atom is -0.493 e. The van der Waals surface area contributed by atoms with E-state index >= 15 is 0 Å². The van der Waals surface area contributed by atoms with Crippen molar-refractivity contribution in [3.63, 3.8) is 0 Å². The summed E-state index contributed by atoms with van der Waals surface area (Å²) in [7, 11) is 4.15. The first-order valence-corrected chi connectivity index (χ1v) is 6.84. The number of aromatic carboxylic acids is 2. The summed E-state index contributed by atoms with van der Waals surface area (Å²) in [5.74, 6) is -1.75. The van der Waals surface area contributed by atoms with Gasteiger partial charge in [-0.1, -0.05) is 12.1 Å². The van der Waals surface area contributed by atoms with E-state index in [0.29, 0.717) is 5.56 Å². The van der Waals surface area contributed by atoms with Crippen LogP contribution in [0.3, 0.4) is 0 Å². The Morgan fingerprint density at radius 1 is 0.875 bits per heavy atom. The van der Waals surface area contributed by atoms with Gasteiger partial charge in [0.05, 0.1) is 32.5 Å². The summed E-state index contributed by atoms with van der Waals surface area (Å²) in [4.78, 5) is 22.9. The van der Waals surface area contributed by atoms with E-state index in [4.69, 9.17) is 19.3 Å². The Balaban J connectivity index is 2.87. The average molecular weight is 332 g/mol. The molecule has 7 nitrogen and oxygen atoms in total. The Labute approximate surface area is 138 Å². The molecule has 0 fully saturated rings. The highest BCUT2D eigenvalue weighted by atomic mass is 16.5. The maximum absolute atomic E-state index is 11.7. The van der Waals surface area contributed by atoms with Gasteiger partial charge in [0.15, 0.2) is 11.5 Å². The zero-order valence-electron chi connectivity index (χ0n) is 13.3. The van der Waals surface area contributed by atoms with Crippen LogP contribution in [0.15, 0.2) is 30.3 Å². The molecular formula is C17H16O7. The molecule has 0 spiro atoms. The van der Waals surface area contributed by atoms with Gasteiger partial charge in [0.25, 0.3) is 0 Å². The number of ether oxygens (including phenoxy) is 3. The molecule has 7 heteroatoms. The van der Waals surface area contributed by atoms with Crippen molar-refractivity contribution in [1.29, 1.82) is 0 Å². The number of rotatable bonds is 6. The number of methoxy groups -OCH3 is 3. The minimum atomic E-state index is -1.20. The lowest BCUT2D eigenvalue weighted by Gasteiger charge is -2.18.